The molecule has 10 aromatic carbocycles. The van der Waals surface area contributed by atoms with E-state index in [0.717, 1.165) is 59.3 Å². The second-order valence-corrected chi connectivity index (χ2v) is 17.2. The van der Waals surface area contributed by atoms with Crippen molar-refractivity contribution in [2.45, 2.75) is 6.92 Å². The molecule has 2 aromatic heterocycles. The van der Waals surface area contributed by atoms with Gasteiger partial charge in [0.15, 0.2) is 5.84 Å². The minimum Gasteiger partial charge on any atom is -0.309 e. The molecule has 2 heterocycles. The predicted molar refractivity (Wildman–Crippen MR) is 281 cm³/mol. The van der Waals surface area contributed by atoms with Gasteiger partial charge in [0, 0.05) is 43.7 Å². The molecule has 0 atom stereocenters. The van der Waals surface area contributed by atoms with E-state index in [1.165, 1.54) is 54.1 Å². The smallest absolute Gasteiger partial charge is 0.161 e. The summed E-state index contributed by atoms with van der Waals surface area (Å²) in [4.78, 5) is 10.7. The summed E-state index contributed by atoms with van der Waals surface area (Å²) in [6.45, 7) is 2.04. The zero-order chi connectivity index (χ0) is 42.7. The number of amidine groups is 1. The molecule has 0 spiro atoms. The number of fused-ring (bicyclic) bond motifs is 11. The summed E-state index contributed by atoms with van der Waals surface area (Å²) in [6.07, 6.45) is 2.07. The van der Waals surface area contributed by atoms with E-state index in [4.69, 9.17) is 9.98 Å². The fourth-order valence-corrected chi connectivity index (χ4v) is 10.3. The van der Waals surface area contributed by atoms with Gasteiger partial charge < -0.3 is 9.13 Å². The van der Waals surface area contributed by atoms with Gasteiger partial charge in [-0.3, -0.25) is 0 Å². The Morgan fingerprint density at radius 2 is 1.06 bits per heavy atom. The minimum atomic E-state index is 0.655. The molecule has 0 fully saturated rings. The number of hydrogen-bond donors (Lipinski definition) is 0. The zero-order valence-electron chi connectivity index (χ0n) is 35.0. The van der Waals surface area contributed by atoms with Crippen LogP contribution in [-0.2, 0) is 0 Å². The Labute approximate surface area is 383 Å². The maximum absolute atomic E-state index is 5.38. The number of aromatic nitrogens is 2. The highest BCUT2D eigenvalue weighted by Crippen LogP contribution is 2.45. The molecule has 0 N–H and O–H groups in total. The molecule has 64 heavy (non-hydrogen) atoms. The molecule has 12 rings (SSSR count). The number of aliphatic imine (C=N–C) groups is 2. The first-order valence-corrected chi connectivity index (χ1v) is 22.7. The molecule has 0 amide bonds. The lowest BCUT2D eigenvalue weighted by molar-refractivity contribution is 1.18. The maximum atomic E-state index is 5.38. The van der Waals surface area contributed by atoms with E-state index in [9.17, 15) is 0 Å². The zero-order valence-corrected chi connectivity index (χ0v) is 37.1. The third-order valence-corrected chi connectivity index (χ3v) is 13.5. The van der Waals surface area contributed by atoms with E-state index >= 15 is 0 Å². The van der Waals surface area contributed by atoms with Crippen molar-refractivity contribution in [2.24, 2.45) is 9.98 Å². The minimum absolute atomic E-state index is 0.655. The topological polar surface area (TPSA) is 34.6 Å². The molecular weight excluding hydrogens is 892 g/mol. The van der Waals surface area contributed by atoms with Crippen LogP contribution in [0.25, 0.3) is 93.0 Å². The van der Waals surface area contributed by atoms with Crippen LogP contribution in [0.15, 0.2) is 228 Å². The lowest BCUT2D eigenvalue weighted by atomic mass is 10.0. The third kappa shape index (κ3) is 6.18. The predicted octanol–water partition coefficient (Wildman–Crippen LogP) is 16.0. The molecule has 0 aliphatic heterocycles. The Balaban J connectivity index is 1.18. The lowest BCUT2D eigenvalue weighted by Crippen LogP contribution is -2.04. The standard InChI is InChI=1S/C59H39IN4/c1-2-50(40-19-5-3-6-20-40)61-59(62-58(60)41-21-7-4-8-22-41)47-28-15-27-46-45(47)26-16-30-51(46)64-53-35-32-39-18-11-12-24-44(39)55(53)49-34-36-54-56(57(49)64)48-25-13-14-29-52(48)63(54)43-33-31-38-17-9-10-23-42(38)37-43/h2-37H,1H3/b50-2+,61-59-,62-58-. The largest absolute Gasteiger partial charge is 0.309 e. The fraction of sp³-hybridized carbons (Fsp3) is 0.0169. The average Bonchev–Trinajstić information content (AvgIpc) is 3.88. The summed E-state index contributed by atoms with van der Waals surface area (Å²) >= 11 is 2.36. The highest BCUT2D eigenvalue weighted by molar-refractivity contribution is 14.1. The summed E-state index contributed by atoms with van der Waals surface area (Å²) < 4.78 is 5.84. The van der Waals surface area contributed by atoms with Gasteiger partial charge >= 0.3 is 0 Å². The second-order valence-electron chi connectivity index (χ2n) is 16.2. The van der Waals surface area contributed by atoms with Gasteiger partial charge in [-0.1, -0.05) is 182 Å². The molecule has 4 nitrogen and oxygen atoms in total. The molecule has 302 valence electrons. The first kappa shape index (κ1) is 38.1. The van der Waals surface area contributed by atoms with Gasteiger partial charge in [0.2, 0.25) is 0 Å². The number of rotatable bonds is 6. The van der Waals surface area contributed by atoms with Gasteiger partial charge in [0.05, 0.1) is 33.5 Å². The van der Waals surface area contributed by atoms with Crippen LogP contribution in [0.1, 0.15) is 23.6 Å². The Bertz CT molecular complexity index is 3910. The van der Waals surface area contributed by atoms with Crippen molar-refractivity contribution in [1.29, 1.82) is 0 Å². The van der Waals surface area contributed by atoms with Gasteiger partial charge in [-0.25, -0.2) is 9.98 Å². The van der Waals surface area contributed by atoms with Crippen LogP contribution in [-0.4, -0.2) is 18.7 Å². The quantitative estimate of drug-likeness (QED) is 0.0905. The molecule has 0 bridgehead atoms. The van der Waals surface area contributed by atoms with Crippen molar-refractivity contribution in [3.63, 3.8) is 0 Å². The monoisotopic (exact) mass is 930 g/mol. The Hall–Kier alpha value is -7.61. The summed E-state index contributed by atoms with van der Waals surface area (Å²) in [6, 6.07) is 76.3. The van der Waals surface area contributed by atoms with Crippen molar-refractivity contribution in [2.75, 3.05) is 0 Å². The van der Waals surface area contributed by atoms with Crippen LogP contribution in [0.4, 0.5) is 0 Å². The van der Waals surface area contributed by atoms with Crippen molar-refractivity contribution >= 4 is 114 Å². The van der Waals surface area contributed by atoms with E-state index in [1.807, 2.05) is 19.1 Å². The molecule has 0 radical (unpaired) electrons. The van der Waals surface area contributed by atoms with Crippen LogP contribution in [0.5, 0.6) is 0 Å². The van der Waals surface area contributed by atoms with Gasteiger partial charge in [0.1, 0.15) is 3.72 Å². The van der Waals surface area contributed by atoms with Crippen LogP contribution in [0.3, 0.4) is 0 Å². The third-order valence-electron chi connectivity index (χ3n) is 12.6. The van der Waals surface area contributed by atoms with E-state index in [0.29, 0.717) is 5.84 Å². The molecular formula is C59H39IN4. The highest BCUT2D eigenvalue weighted by Gasteiger charge is 2.23. The Morgan fingerprint density at radius 3 is 1.88 bits per heavy atom. The Morgan fingerprint density at radius 1 is 0.438 bits per heavy atom. The van der Waals surface area contributed by atoms with Crippen molar-refractivity contribution < 1.29 is 0 Å². The number of allylic oxidation sites excluding steroid dienone is 1. The molecule has 0 saturated heterocycles. The molecule has 5 heteroatoms. The number of benzene rings is 10. The van der Waals surface area contributed by atoms with Crippen molar-refractivity contribution in [1.82, 2.24) is 9.13 Å². The molecule has 0 aliphatic carbocycles. The second kappa shape index (κ2) is 15.6. The number of nitrogens with zero attached hydrogens (tertiary/aromatic N) is 4. The first-order chi connectivity index (χ1) is 31.6. The molecule has 0 unspecified atom stereocenters. The lowest BCUT2D eigenvalue weighted by Gasteiger charge is -2.15. The normalized spacial score (nSPS) is 12.8. The van der Waals surface area contributed by atoms with Crippen LogP contribution in [0, 0.1) is 0 Å². The molecule has 12 aromatic rings. The summed E-state index contributed by atoms with van der Waals surface area (Å²) in [7, 11) is 0. The molecule has 0 saturated carbocycles. The van der Waals surface area contributed by atoms with Gasteiger partial charge in [-0.2, -0.15) is 0 Å². The van der Waals surface area contributed by atoms with E-state index in [-0.39, 0.29) is 0 Å². The average molecular weight is 931 g/mol. The number of hydrogen-bond acceptors (Lipinski definition) is 1. The summed E-state index contributed by atoms with van der Waals surface area (Å²) in [5.41, 5.74) is 10.8. The first-order valence-electron chi connectivity index (χ1n) is 21.6. The summed E-state index contributed by atoms with van der Waals surface area (Å²) in [5.74, 6) is 0.655. The van der Waals surface area contributed by atoms with Crippen molar-refractivity contribution in [3.05, 3.63) is 235 Å². The number of para-hydroxylation sites is 1. The SMILES string of the molecule is C/C=C(/N=C(\N=C(/I)c1ccccc1)c1cccc2c(-n3c4ccc5ccccc5c4c4ccc5c(c6ccccc6n5-c5ccc6ccccc6c5)c43)cccc12)c1ccccc1. The van der Waals surface area contributed by atoms with E-state index in [2.05, 4.69) is 238 Å². The van der Waals surface area contributed by atoms with Gasteiger partial charge in [0.25, 0.3) is 0 Å². The van der Waals surface area contributed by atoms with E-state index < -0.39 is 0 Å². The molecule has 0 aliphatic rings. The van der Waals surface area contributed by atoms with Crippen LogP contribution < -0.4 is 0 Å². The van der Waals surface area contributed by atoms with Gasteiger partial charge in [-0.05, 0) is 98.4 Å². The number of halogens is 1. The Kier molecular flexibility index (Phi) is 9.30. The van der Waals surface area contributed by atoms with Crippen LogP contribution >= 0.6 is 22.6 Å². The van der Waals surface area contributed by atoms with Crippen molar-refractivity contribution in [3.8, 4) is 11.4 Å². The maximum Gasteiger partial charge on any atom is 0.161 e. The van der Waals surface area contributed by atoms with E-state index in [1.54, 1.807) is 0 Å². The highest BCUT2D eigenvalue weighted by atomic mass is 127. The van der Waals surface area contributed by atoms with Crippen LogP contribution in [0.2, 0.25) is 0 Å². The summed E-state index contributed by atoms with van der Waals surface area (Å²) in [5, 5.41) is 12.0. The fourth-order valence-electron chi connectivity index (χ4n) is 9.75. The van der Waals surface area contributed by atoms with Gasteiger partial charge in [-0.15, -0.1) is 0 Å².